The number of rotatable bonds is 11. The molecular formula is C24H34N4O3. The van der Waals surface area contributed by atoms with E-state index in [2.05, 4.69) is 22.2 Å². The minimum absolute atomic E-state index is 0.0189. The molecule has 1 amide bonds. The maximum Gasteiger partial charge on any atom is 0.225 e. The van der Waals surface area contributed by atoms with Crippen LogP contribution in [0.25, 0.3) is 5.69 Å². The molecule has 1 aliphatic heterocycles. The van der Waals surface area contributed by atoms with Gasteiger partial charge in [0.25, 0.3) is 0 Å². The summed E-state index contributed by atoms with van der Waals surface area (Å²) in [6, 6.07) is 7.64. The molecule has 0 aliphatic carbocycles. The van der Waals surface area contributed by atoms with E-state index in [0.717, 1.165) is 62.5 Å². The number of nitrogens with zero attached hydrogens (tertiary/aromatic N) is 3. The standard InChI is InChI=1S/C24H34N4O3/c1-18(29)8-5-4-6-11-22(26-24(30)19-12-14-27(2)17-19)23-25-13-15-28(23)20-9-7-10-21(16-20)31-3/h7,9-10,13,15-16,19,22H,4-6,8,11-12,14,17H2,1-3H3,(H,26,30)/t19-,22+/m1/s1. The first-order valence-corrected chi connectivity index (χ1v) is 11.1. The first kappa shape index (κ1) is 23.0. The normalized spacial score (nSPS) is 17.5. The molecule has 1 fully saturated rings. The summed E-state index contributed by atoms with van der Waals surface area (Å²) in [6.45, 7) is 3.38. The van der Waals surface area contributed by atoms with Gasteiger partial charge in [0.1, 0.15) is 17.4 Å². The summed E-state index contributed by atoms with van der Waals surface area (Å²) in [5.74, 6) is 1.93. The summed E-state index contributed by atoms with van der Waals surface area (Å²) < 4.78 is 7.39. The lowest BCUT2D eigenvalue weighted by Gasteiger charge is -2.22. The minimum Gasteiger partial charge on any atom is -0.497 e. The number of methoxy groups -OCH3 is 1. The molecule has 0 bridgehead atoms. The Morgan fingerprint density at radius 2 is 2.13 bits per heavy atom. The highest BCUT2D eigenvalue weighted by molar-refractivity contribution is 5.79. The molecule has 2 aromatic rings. The van der Waals surface area contributed by atoms with Crippen LogP contribution in [0.2, 0.25) is 0 Å². The summed E-state index contributed by atoms with van der Waals surface area (Å²) in [6.07, 6.45) is 8.74. The van der Waals surface area contributed by atoms with Crippen molar-refractivity contribution in [3.63, 3.8) is 0 Å². The Labute approximate surface area is 184 Å². The predicted molar refractivity (Wildman–Crippen MR) is 120 cm³/mol. The monoisotopic (exact) mass is 426 g/mol. The number of aromatic nitrogens is 2. The fourth-order valence-corrected chi connectivity index (χ4v) is 4.16. The molecule has 0 unspecified atom stereocenters. The Morgan fingerprint density at radius 1 is 1.29 bits per heavy atom. The van der Waals surface area contributed by atoms with Crippen molar-refractivity contribution in [3.8, 4) is 11.4 Å². The molecule has 1 N–H and O–H groups in total. The number of ether oxygens (including phenoxy) is 1. The average Bonchev–Trinajstić information content (AvgIpc) is 3.41. The second-order valence-electron chi connectivity index (χ2n) is 8.47. The van der Waals surface area contributed by atoms with Gasteiger partial charge >= 0.3 is 0 Å². The Balaban J connectivity index is 1.76. The number of carbonyl (C=O) groups excluding carboxylic acids is 2. The fourth-order valence-electron chi connectivity index (χ4n) is 4.16. The van der Waals surface area contributed by atoms with Crippen molar-refractivity contribution in [2.75, 3.05) is 27.2 Å². The molecule has 1 aromatic heterocycles. The zero-order chi connectivity index (χ0) is 22.2. The summed E-state index contributed by atoms with van der Waals surface area (Å²) >= 11 is 0. The van der Waals surface area contributed by atoms with Gasteiger partial charge in [0.15, 0.2) is 0 Å². The van der Waals surface area contributed by atoms with Gasteiger partial charge in [-0.25, -0.2) is 4.98 Å². The van der Waals surface area contributed by atoms with E-state index in [1.807, 2.05) is 35.0 Å². The van der Waals surface area contributed by atoms with Gasteiger partial charge in [-0.05, 0) is 51.9 Å². The lowest BCUT2D eigenvalue weighted by Crippen LogP contribution is -2.36. The van der Waals surface area contributed by atoms with Gasteiger partial charge in [0.05, 0.1) is 24.8 Å². The molecule has 31 heavy (non-hydrogen) atoms. The Morgan fingerprint density at radius 3 is 2.84 bits per heavy atom. The van der Waals surface area contributed by atoms with Crippen LogP contribution in [0.15, 0.2) is 36.7 Å². The van der Waals surface area contributed by atoms with Crippen molar-refractivity contribution in [2.45, 2.75) is 51.5 Å². The molecule has 0 spiro atoms. The Hall–Kier alpha value is -2.67. The smallest absolute Gasteiger partial charge is 0.225 e. The minimum atomic E-state index is -0.183. The molecule has 3 rings (SSSR count). The third kappa shape index (κ3) is 6.40. The van der Waals surface area contributed by atoms with Crippen LogP contribution in [0.5, 0.6) is 5.75 Å². The molecule has 7 nitrogen and oxygen atoms in total. The SMILES string of the molecule is COc1cccc(-n2ccnc2[C@H](CCCCCC(C)=O)NC(=O)[C@@H]2CCN(C)C2)c1. The van der Waals surface area contributed by atoms with Crippen molar-refractivity contribution in [1.82, 2.24) is 19.8 Å². The highest BCUT2D eigenvalue weighted by atomic mass is 16.5. The van der Waals surface area contributed by atoms with Gasteiger partial charge < -0.3 is 24.3 Å². The number of imidazole rings is 1. The number of nitrogens with one attached hydrogen (secondary N) is 1. The van der Waals surface area contributed by atoms with Crippen molar-refractivity contribution >= 4 is 11.7 Å². The zero-order valence-electron chi connectivity index (χ0n) is 18.8. The van der Waals surface area contributed by atoms with Crippen LogP contribution in [0.4, 0.5) is 0 Å². The summed E-state index contributed by atoms with van der Waals surface area (Å²) in [7, 11) is 3.70. The van der Waals surface area contributed by atoms with Crippen LogP contribution < -0.4 is 10.1 Å². The van der Waals surface area contributed by atoms with Crippen molar-refractivity contribution in [3.05, 3.63) is 42.5 Å². The second kappa shape index (κ2) is 11.1. The van der Waals surface area contributed by atoms with Gasteiger partial charge in [-0.1, -0.05) is 18.9 Å². The maximum absolute atomic E-state index is 13.0. The summed E-state index contributed by atoms with van der Waals surface area (Å²) in [5, 5.41) is 3.27. The molecule has 0 radical (unpaired) electrons. The third-order valence-corrected chi connectivity index (χ3v) is 5.91. The maximum atomic E-state index is 13.0. The lowest BCUT2D eigenvalue weighted by atomic mass is 10.0. The molecule has 7 heteroatoms. The fraction of sp³-hybridized carbons (Fsp3) is 0.542. The van der Waals surface area contributed by atoms with E-state index in [-0.39, 0.29) is 23.7 Å². The van der Waals surface area contributed by atoms with Crippen LogP contribution in [-0.4, -0.2) is 53.4 Å². The number of ketones is 1. The first-order valence-electron chi connectivity index (χ1n) is 11.1. The highest BCUT2D eigenvalue weighted by Gasteiger charge is 2.29. The number of hydrogen-bond acceptors (Lipinski definition) is 5. The number of benzene rings is 1. The first-order chi connectivity index (χ1) is 15.0. The van der Waals surface area contributed by atoms with Crippen molar-refractivity contribution in [1.29, 1.82) is 0 Å². The number of unbranched alkanes of at least 4 members (excludes halogenated alkanes) is 2. The molecule has 2 heterocycles. The van der Waals surface area contributed by atoms with E-state index in [9.17, 15) is 9.59 Å². The lowest BCUT2D eigenvalue weighted by molar-refractivity contribution is -0.125. The van der Waals surface area contributed by atoms with Gasteiger partial charge in [-0.3, -0.25) is 4.79 Å². The average molecular weight is 427 g/mol. The molecule has 168 valence electrons. The van der Waals surface area contributed by atoms with Crippen molar-refractivity contribution in [2.24, 2.45) is 5.92 Å². The van der Waals surface area contributed by atoms with E-state index in [4.69, 9.17) is 4.74 Å². The van der Waals surface area contributed by atoms with Gasteiger partial charge in [-0.15, -0.1) is 0 Å². The zero-order valence-corrected chi connectivity index (χ0v) is 18.8. The van der Waals surface area contributed by atoms with Gasteiger partial charge in [-0.2, -0.15) is 0 Å². The van der Waals surface area contributed by atoms with E-state index in [0.29, 0.717) is 6.42 Å². The number of carbonyl (C=O) groups is 2. The molecule has 2 atom stereocenters. The van der Waals surface area contributed by atoms with Gasteiger partial charge in [0, 0.05) is 31.4 Å². The van der Waals surface area contributed by atoms with E-state index in [1.165, 1.54) is 0 Å². The summed E-state index contributed by atoms with van der Waals surface area (Å²) in [5.41, 5.74) is 0.947. The molecule has 1 saturated heterocycles. The quantitative estimate of drug-likeness (QED) is 0.556. The van der Waals surface area contributed by atoms with Crippen LogP contribution in [-0.2, 0) is 9.59 Å². The van der Waals surface area contributed by atoms with Crippen molar-refractivity contribution < 1.29 is 14.3 Å². The topological polar surface area (TPSA) is 76.5 Å². The number of likely N-dealkylation sites (tertiary alicyclic amines) is 1. The highest BCUT2D eigenvalue weighted by Crippen LogP contribution is 2.25. The van der Waals surface area contributed by atoms with E-state index in [1.54, 1.807) is 20.2 Å². The largest absolute Gasteiger partial charge is 0.497 e. The molecule has 0 saturated carbocycles. The van der Waals surface area contributed by atoms with Gasteiger partial charge in [0.2, 0.25) is 5.91 Å². The van der Waals surface area contributed by atoms with Crippen LogP contribution >= 0.6 is 0 Å². The third-order valence-electron chi connectivity index (χ3n) is 5.91. The molecular weight excluding hydrogens is 392 g/mol. The van der Waals surface area contributed by atoms with Crippen LogP contribution in [0.3, 0.4) is 0 Å². The second-order valence-corrected chi connectivity index (χ2v) is 8.47. The Bertz CT molecular complexity index is 879. The van der Waals surface area contributed by atoms with E-state index < -0.39 is 0 Å². The van der Waals surface area contributed by atoms with Crippen LogP contribution in [0.1, 0.15) is 57.3 Å². The number of hydrogen-bond donors (Lipinski definition) is 1. The molecule has 1 aromatic carbocycles. The summed E-state index contributed by atoms with van der Waals surface area (Å²) in [4.78, 5) is 31.0. The number of amides is 1. The van der Waals surface area contributed by atoms with Crippen LogP contribution in [0, 0.1) is 5.92 Å². The van der Waals surface area contributed by atoms with E-state index >= 15 is 0 Å². The Kier molecular flexibility index (Phi) is 8.23. The molecule has 1 aliphatic rings. The number of Topliss-reactive ketones (excluding diaryl/α,β-unsaturated/α-hetero) is 1. The predicted octanol–water partition coefficient (Wildman–Crippen LogP) is 3.53.